The predicted octanol–water partition coefficient (Wildman–Crippen LogP) is 0.324. The third kappa shape index (κ3) is 3.26. The van der Waals surface area contributed by atoms with E-state index in [1.54, 1.807) is 13.0 Å². The topological polar surface area (TPSA) is 113 Å². The summed E-state index contributed by atoms with van der Waals surface area (Å²) in [5.74, 6) is -0.677. The monoisotopic (exact) mass is 297 g/mol. The molecule has 0 aliphatic heterocycles. The molecule has 1 rings (SSSR count). The average Bonchev–Trinajstić information content (AvgIpc) is 2.43. The molecule has 0 aliphatic carbocycles. The number of likely N-dealkylation sites (N-methyl/N-ethyl adjacent to an activating group) is 1. The van der Waals surface area contributed by atoms with Gasteiger partial charge in [0.1, 0.15) is 17.5 Å². The Balaban J connectivity index is 3.28. The highest BCUT2D eigenvalue weighted by Crippen LogP contribution is 2.22. The number of sulfonamides is 1. The number of nitrogens with zero attached hydrogens (tertiary/aromatic N) is 2. The summed E-state index contributed by atoms with van der Waals surface area (Å²) in [7, 11) is -2.79. The van der Waals surface area contributed by atoms with Crippen molar-refractivity contribution in [1.82, 2.24) is 4.31 Å². The fourth-order valence-corrected chi connectivity index (χ4v) is 3.09. The highest BCUT2D eigenvalue weighted by atomic mass is 32.2. The quantitative estimate of drug-likeness (QED) is 0.618. The number of rotatable bonds is 5. The molecule has 1 aromatic rings. The molecule has 20 heavy (non-hydrogen) atoms. The maximum Gasteiger partial charge on any atom is 0.321 e. The van der Waals surface area contributed by atoms with Crippen molar-refractivity contribution in [3.8, 4) is 6.07 Å². The van der Waals surface area contributed by atoms with E-state index in [2.05, 4.69) is 4.74 Å². The maximum absolute atomic E-state index is 12.4. The molecule has 2 N–H and O–H groups in total. The van der Waals surface area contributed by atoms with E-state index in [0.29, 0.717) is 0 Å². The van der Waals surface area contributed by atoms with Gasteiger partial charge in [0, 0.05) is 12.2 Å². The average molecular weight is 297 g/mol. The number of hydrogen-bond donors (Lipinski definition) is 1. The fourth-order valence-electron chi connectivity index (χ4n) is 1.57. The largest absolute Gasteiger partial charge is 0.468 e. The van der Waals surface area contributed by atoms with Crippen LogP contribution >= 0.6 is 0 Å². The Morgan fingerprint density at radius 3 is 2.65 bits per heavy atom. The van der Waals surface area contributed by atoms with Gasteiger partial charge in [-0.15, -0.1) is 0 Å². The van der Waals surface area contributed by atoms with E-state index < -0.39 is 22.5 Å². The van der Waals surface area contributed by atoms with E-state index in [9.17, 15) is 13.2 Å². The molecule has 8 heteroatoms. The van der Waals surface area contributed by atoms with Crippen LogP contribution in [0.25, 0.3) is 0 Å². The zero-order chi connectivity index (χ0) is 15.3. The first-order valence-corrected chi connectivity index (χ1v) is 7.17. The van der Waals surface area contributed by atoms with Crippen molar-refractivity contribution in [3.05, 3.63) is 23.8 Å². The van der Waals surface area contributed by atoms with Crippen LogP contribution in [0.4, 0.5) is 5.69 Å². The molecule has 0 bridgehead atoms. The minimum absolute atomic E-state index is 0.0617. The Kier molecular flexibility index (Phi) is 5.07. The van der Waals surface area contributed by atoms with Gasteiger partial charge in [0.15, 0.2) is 0 Å². The summed E-state index contributed by atoms with van der Waals surface area (Å²) in [6.45, 7) is 1.25. The molecule has 0 saturated carbocycles. The van der Waals surface area contributed by atoms with Crippen molar-refractivity contribution in [2.75, 3.05) is 25.9 Å². The van der Waals surface area contributed by atoms with E-state index >= 15 is 0 Å². The Labute approximate surface area is 117 Å². The van der Waals surface area contributed by atoms with Gasteiger partial charge < -0.3 is 10.5 Å². The van der Waals surface area contributed by atoms with Crippen LogP contribution in [0.1, 0.15) is 12.5 Å². The highest BCUT2D eigenvalue weighted by molar-refractivity contribution is 7.89. The maximum atomic E-state index is 12.4. The first kappa shape index (κ1) is 15.9. The van der Waals surface area contributed by atoms with Gasteiger partial charge >= 0.3 is 5.97 Å². The lowest BCUT2D eigenvalue weighted by Gasteiger charge is -2.19. The summed E-state index contributed by atoms with van der Waals surface area (Å²) in [6.07, 6.45) is 0. The van der Waals surface area contributed by atoms with Gasteiger partial charge in [-0.1, -0.05) is 6.92 Å². The third-order valence-corrected chi connectivity index (χ3v) is 4.61. The molecule has 0 unspecified atom stereocenters. The van der Waals surface area contributed by atoms with E-state index in [1.165, 1.54) is 25.3 Å². The predicted molar refractivity (Wildman–Crippen MR) is 72.0 cm³/mol. The molecule has 108 valence electrons. The summed E-state index contributed by atoms with van der Waals surface area (Å²) in [5, 5.41) is 9.01. The minimum Gasteiger partial charge on any atom is -0.468 e. The molecule has 7 nitrogen and oxygen atoms in total. The molecule has 0 radical (unpaired) electrons. The Bertz CT molecular complexity index is 649. The highest BCUT2D eigenvalue weighted by Gasteiger charge is 2.28. The van der Waals surface area contributed by atoms with Crippen molar-refractivity contribution in [2.45, 2.75) is 11.8 Å². The number of carbonyl (C=O) groups excluding carboxylic acids is 1. The van der Waals surface area contributed by atoms with Crippen LogP contribution in [0.3, 0.4) is 0 Å². The van der Waals surface area contributed by atoms with Crippen molar-refractivity contribution in [3.63, 3.8) is 0 Å². The molecule has 0 fully saturated rings. The second-order valence-electron chi connectivity index (χ2n) is 3.87. The number of anilines is 1. The molecule has 0 heterocycles. The zero-order valence-electron chi connectivity index (χ0n) is 11.2. The smallest absolute Gasteiger partial charge is 0.321 e. The van der Waals surface area contributed by atoms with Gasteiger partial charge in [-0.05, 0) is 18.2 Å². The van der Waals surface area contributed by atoms with Gasteiger partial charge in [0.25, 0.3) is 0 Å². The first-order valence-electron chi connectivity index (χ1n) is 5.73. The van der Waals surface area contributed by atoms with E-state index in [0.717, 1.165) is 4.31 Å². The Hall–Kier alpha value is -2.11. The Morgan fingerprint density at radius 2 is 2.15 bits per heavy atom. The number of carbonyl (C=O) groups is 1. The van der Waals surface area contributed by atoms with Crippen LogP contribution in [0.2, 0.25) is 0 Å². The van der Waals surface area contributed by atoms with Crippen LogP contribution in [0.5, 0.6) is 0 Å². The molecule has 0 amide bonds. The van der Waals surface area contributed by atoms with E-state index in [-0.39, 0.29) is 22.7 Å². The van der Waals surface area contributed by atoms with Crippen LogP contribution in [-0.4, -0.2) is 38.9 Å². The summed E-state index contributed by atoms with van der Waals surface area (Å²) in [4.78, 5) is 11.1. The summed E-state index contributed by atoms with van der Waals surface area (Å²) in [6, 6.07) is 5.71. The second-order valence-corrected chi connectivity index (χ2v) is 5.78. The fraction of sp³-hybridized carbons (Fsp3) is 0.333. The van der Waals surface area contributed by atoms with Crippen molar-refractivity contribution < 1.29 is 17.9 Å². The van der Waals surface area contributed by atoms with Crippen molar-refractivity contribution in [2.24, 2.45) is 0 Å². The number of nitriles is 1. The van der Waals surface area contributed by atoms with Crippen LogP contribution in [0, 0.1) is 11.3 Å². The van der Waals surface area contributed by atoms with Crippen LogP contribution in [-0.2, 0) is 19.6 Å². The summed E-state index contributed by atoms with van der Waals surface area (Å²) in [5.41, 5.74) is 5.75. The molecular weight excluding hydrogens is 282 g/mol. The van der Waals surface area contributed by atoms with Gasteiger partial charge in [0.05, 0.1) is 12.7 Å². The molecular formula is C12H15N3O4S. The lowest BCUT2D eigenvalue weighted by Crippen LogP contribution is -2.36. The number of methoxy groups -OCH3 is 1. The molecule has 0 atom stereocenters. The molecule has 0 spiro atoms. The van der Waals surface area contributed by atoms with Gasteiger partial charge in [-0.25, -0.2) is 8.42 Å². The lowest BCUT2D eigenvalue weighted by atomic mass is 10.2. The van der Waals surface area contributed by atoms with Gasteiger partial charge in [-0.3, -0.25) is 4.79 Å². The van der Waals surface area contributed by atoms with Gasteiger partial charge in [-0.2, -0.15) is 9.57 Å². The third-order valence-electron chi connectivity index (χ3n) is 2.63. The number of ether oxygens (including phenoxy) is 1. The SMILES string of the molecule is CCN(CC(=O)OC)S(=O)(=O)c1ccc(N)cc1C#N. The number of hydrogen-bond acceptors (Lipinski definition) is 6. The molecule has 0 saturated heterocycles. The summed E-state index contributed by atoms with van der Waals surface area (Å²) >= 11 is 0. The number of nitrogen functional groups attached to an aromatic ring is 1. The van der Waals surface area contributed by atoms with E-state index in [1.807, 2.05) is 0 Å². The van der Waals surface area contributed by atoms with Crippen LogP contribution < -0.4 is 5.73 Å². The van der Waals surface area contributed by atoms with Crippen LogP contribution in [0.15, 0.2) is 23.1 Å². The van der Waals surface area contributed by atoms with E-state index in [4.69, 9.17) is 11.0 Å². The standard InChI is InChI=1S/C12H15N3O4S/c1-3-15(8-12(16)19-2)20(17,18)11-5-4-10(14)6-9(11)7-13/h4-6H,3,8,14H2,1-2H3. The number of benzene rings is 1. The lowest BCUT2D eigenvalue weighted by molar-refractivity contribution is -0.140. The van der Waals surface area contributed by atoms with Gasteiger partial charge in [0.2, 0.25) is 10.0 Å². The minimum atomic E-state index is -3.96. The summed E-state index contributed by atoms with van der Waals surface area (Å²) < 4.78 is 30.3. The molecule has 0 aliphatic rings. The second kappa shape index (κ2) is 6.36. The normalized spacial score (nSPS) is 11.1. The first-order chi connectivity index (χ1) is 9.36. The number of esters is 1. The Morgan fingerprint density at radius 1 is 1.50 bits per heavy atom. The molecule has 0 aromatic heterocycles. The van der Waals surface area contributed by atoms with Crippen molar-refractivity contribution >= 4 is 21.7 Å². The van der Waals surface area contributed by atoms with Crippen molar-refractivity contribution in [1.29, 1.82) is 5.26 Å². The molecule has 1 aromatic carbocycles. The number of nitrogens with two attached hydrogens (primary N) is 1. The zero-order valence-corrected chi connectivity index (χ0v) is 12.0.